The van der Waals surface area contributed by atoms with E-state index >= 15 is 0 Å². The van der Waals surface area contributed by atoms with E-state index in [-0.39, 0.29) is 24.1 Å². The lowest BCUT2D eigenvalue weighted by atomic mass is 10.1. The number of carbonyl (C=O) groups is 3. The van der Waals surface area contributed by atoms with Gasteiger partial charge in [0.2, 0.25) is 5.91 Å². The van der Waals surface area contributed by atoms with Crippen LogP contribution in [0.4, 0.5) is 0 Å². The number of Topliss-reactive ketones (excluding diaryl/α,β-unsaturated/α-hetero) is 1. The zero-order valence-electron chi connectivity index (χ0n) is 12.4. The molecule has 1 aromatic rings. The first-order valence-electron chi connectivity index (χ1n) is 6.36. The second-order valence-electron chi connectivity index (χ2n) is 4.90. The predicted molar refractivity (Wildman–Crippen MR) is 73.3 cm³/mol. The van der Waals surface area contributed by atoms with E-state index in [0.717, 1.165) is 0 Å². The van der Waals surface area contributed by atoms with Gasteiger partial charge in [-0.25, -0.2) is 0 Å². The van der Waals surface area contributed by atoms with Crippen molar-refractivity contribution in [3.63, 3.8) is 0 Å². The summed E-state index contributed by atoms with van der Waals surface area (Å²) >= 11 is 0. The molecule has 0 atom stereocenters. The number of aromatic nitrogens is 2. The van der Waals surface area contributed by atoms with Crippen molar-refractivity contribution in [2.45, 2.75) is 33.7 Å². The molecule has 0 aromatic carbocycles. The summed E-state index contributed by atoms with van der Waals surface area (Å²) < 4.78 is 1.54. The van der Waals surface area contributed by atoms with Crippen LogP contribution in [0.25, 0.3) is 0 Å². The molecule has 0 fully saturated rings. The molecular formula is C13H20N4O3. The van der Waals surface area contributed by atoms with Gasteiger partial charge >= 0.3 is 0 Å². The molecule has 0 saturated heterocycles. The van der Waals surface area contributed by atoms with Crippen molar-refractivity contribution in [1.29, 1.82) is 0 Å². The van der Waals surface area contributed by atoms with Crippen LogP contribution in [0.15, 0.2) is 0 Å². The van der Waals surface area contributed by atoms with E-state index in [1.165, 1.54) is 0 Å². The molecule has 7 heteroatoms. The van der Waals surface area contributed by atoms with Crippen molar-refractivity contribution in [2.75, 3.05) is 6.54 Å². The van der Waals surface area contributed by atoms with E-state index in [0.29, 0.717) is 11.4 Å². The van der Waals surface area contributed by atoms with Gasteiger partial charge in [0.15, 0.2) is 0 Å². The highest BCUT2D eigenvalue weighted by atomic mass is 16.2. The van der Waals surface area contributed by atoms with Gasteiger partial charge in [-0.05, 0) is 27.7 Å². The standard InChI is InChI=1S/C13H20N4O3/c1-7(2)15-10(18)6-14-13(20)12(19)11-8(3)16-17(5)9(11)4/h7H,6H2,1-5H3,(H,14,20)(H,15,18). The van der Waals surface area contributed by atoms with Crippen LogP contribution in [0.3, 0.4) is 0 Å². The van der Waals surface area contributed by atoms with Gasteiger partial charge in [-0.15, -0.1) is 0 Å². The third-order valence-electron chi connectivity index (χ3n) is 2.80. The monoisotopic (exact) mass is 280 g/mol. The topological polar surface area (TPSA) is 93.1 Å². The van der Waals surface area contributed by atoms with E-state index in [9.17, 15) is 14.4 Å². The number of aryl methyl sites for hydroxylation is 2. The van der Waals surface area contributed by atoms with E-state index in [1.54, 1.807) is 25.6 Å². The van der Waals surface area contributed by atoms with Gasteiger partial charge in [-0.1, -0.05) is 0 Å². The van der Waals surface area contributed by atoms with E-state index in [2.05, 4.69) is 15.7 Å². The minimum atomic E-state index is -0.803. The highest BCUT2D eigenvalue weighted by Gasteiger charge is 2.24. The Labute approximate surface area is 117 Å². The Hall–Kier alpha value is -2.18. The molecule has 2 N–H and O–H groups in total. The first-order valence-corrected chi connectivity index (χ1v) is 6.36. The number of amides is 2. The second kappa shape index (κ2) is 6.31. The molecule has 1 rings (SSSR count). The molecular weight excluding hydrogens is 260 g/mol. The molecule has 7 nitrogen and oxygen atoms in total. The Morgan fingerprint density at radius 1 is 1.25 bits per heavy atom. The molecule has 0 radical (unpaired) electrons. The van der Waals surface area contributed by atoms with E-state index in [1.807, 2.05) is 13.8 Å². The molecule has 0 aliphatic carbocycles. The van der Waals surface area contributed by atoms with Gasteiger partial charge in [-0.2, -0.15) is 5.10 Å². The molecule has 110 valence electrons. The fraction of sp³-hybridized carbons (Fsp3) is 0.538. The summed E-state index contributed by atoms with van der Waals surface area (Å²) in [5, 5.41) is 9.02. The largest absolute Gasteiger partial charge is 0.352 e. The molecule has 0 aliphatic rings. The van der Waals surface area contributed by atoms with Gasteiger partial charge < -0.3 is 10.6 Å². The van der Waals surface area contributed by atoms with Gasteiger partial charge in [0, 0.05) is 18.8 Å². The summed E-state index contributed by atoms with van der Waals surface area (Å²) in [5.41, 5.74) is 1.40. The van der Waals surface area contributed by atoms with Gasteiger partial charge in [0.1, 0.15) is 0 Å². The molecule has 1 heterocycles. The van der Waals surface area contributed by atoms with Crippen LogP contribution in [-0.4, -0.2) is 40.0 Å². The second-order valence-corrected chi connectivity index (χ2v) is 4.90. The number of nitrogens with zero attached hydrogens (tertiary/aromatic N) is 2. The lowest BCUT2D eigenvalue weighted by Gasteiger charge is -2.09. The van der Waals surface area contributed by atoms with E-state index < -0.39 is 11.7 Å². The average Bonchev–Trinajstić information content (AvgIpc) is 2.58. The minimum absolute atomic E-state index is 0.0158. The van der Waals surface area contributed by atoms with Crippen LogP contribution in [0.2, 0.25) is 0 Å². The molecule has 20 heavy (non-hydrogen) atoms. The molecule has 1 aromatic heterocycles. The Kier molecular flexibility index (Phi) is 5.01. The molecule has 0 saturated carbocycles. The van der Waals surface area contributed by atoms with Crippen molar-refractivity contribution in [3.8, 4) is 0 Å². The highest BCUT2D eigenvalue weighted by molar-refractivity contribution is 6.43. The zero-order chi connectivity index (χ0) is 15.4. The van der Waals surface area contributed by atoms with Crippen LogP contribution in [-0.2, 0) is 16.6 Å². The smallest absolute Gasteiger partial charge is 0.292 e. The first kappa shape index (κ1) is 15.9. The molecule has 0 aliphatic heterocycles. The summed E-state index contributed by atoms with van der Waals surface area (Å²) in [6.07, 6.45) is 0. The fourth-order valence-electron chi connectivity index (χ4n) is 1.83. The lowest BCUT2D eigenvalue weighted by Crippen LogP contribution is -2.42. The number of hydrogen-bond donors (Lipinski definition) is 2. The third kappa shape index (κ3) is 3.66. The van der Waals surface area contributed by atoms with Gasteiger partial charge in [-0.3, -0.25) is 19.1 Å². The highest BCUT2D eigenvalue weighted by Crippen LogP contribution is 2.12. The third-order valence-corrected chi connectivity index (χ3v) is 2.80. The summed E-state index contributed by atoms with van der Waals surface area (Å²) in [7, 11) is 1.70. The Morgan fingerprint density at radius 3 is 2.30 bits per heavy atom. The number of rotatable bonds is 5. The predicted octanol–water partition coefficient (Wildman–Crippen LogP) is -0.140. The number of hydrogen-bond acceptors (Lipinski definition) is 4. The molecule has 2 amide bonds. The lowest BCUT2D eigenvalue weighted by molar-refractivity contribution is -0.124. The van der Waals surface area contributed by atoms with Crippen LogP contribution >= 0.6 is 0 Å². The maximum absolute atomic E-state index is 12.0. The Balaban J connectivity index is 2.69. The maximum atomic E-state index is 12.0. The number of ketones is 1. The Bertz CT molecular complexity index is 546. The van der Waals surface area contributed by atoms with Crippen LogP contribution in [0.1, 0.15) is 35.6 Å². The van der Waals surface area contributed by atoms with Crippen molar-refractivity contribution >= 4 is 17.6 Å². The number of carbonyl (C=O) groups excluding carboxylic acids is 3. The number of nitrogens with one attached hydrogen (secondary N) is 2. The van der Waals surface area contributed by atoms with Gasteiger partial charge in [0.05, 0.1) is 17.8 Å². The van der Waals surface area contributed by atoms with E-state index in [4.69, 9.17) is 0 Å². The molecule has 0 spiro atoms. The van der Waals surface area contributed by atoms with Crippen molar-refractivity contribution in [2.24, 2.45) is 7.05 Å². The maximum Gasteiger partial charge on any atom is 0.292 e. The quantitative estimate of drug-likeness (QED) is 0.580. The molecule has 0 bridgehead atoms. The summed E-state index contributed by atoms with van der Waals surface area (Å²) in [6.45, 7) is 6.78. The zero-order valence-corrected chi connectivity index (χ0v) is 12.4. The summed E-state index contributed by atoms with van der Waals surface area (Å²) in [4.78, 5) is 35.2. The normalized spacial score (nSPS) is 10.5. The van der Waals surface area contributed by atoms with Crippen molar-refractivity contribution < 1.29 is 14.4 Å². The summed E-state index contributed by atoms with van der Waals surface area (Å²) in [5.74, 6) is -1.81. The minimum Gasteiger partial charge on any atom is -0.352 e. The van der Waals surface area contributed by atoms with Crippen LogP contribution in [0, 0.1) is 13.8 Å². The van der Waals surface area contributed by atoms with Gasteiger partial charge in [0.25, 0.3) is 11.7 Å². The summed E-state index contributed by atoms with van der Waals surface area (Å²) in [6, 6.07) is -0.0158. The van der Waals surface area contributed by atoms with Crippen molar-refractivity contribution in [3.05, 3.63) is 17.0 Å². The fourth-order valence-corrected chi connectivity index (χ4v) is 1.83. The van der Waals surface area contributed by atoms with Crippen LogP contribution < -0.4 is 10.6 Å². The first-order chi connectivity index (χ1) is 9.23. The average molecular weight is 280 g/mol. The van der Waals surface area contributed by atoms with Crippen molar-refractivity contribution in [1.82, 2.24) is 20.4 Å². The Morgan fingerprint density at radius 2 is 1.85 bits per heavy atom. The molecule has 0 unspecified atom stereocenters. The SMILES string of the molecule is Cc1nn(C)c(C)c1C(=O)C(=O)NCC(=O)NC(C)C. The van der Waals surface area contributed by atoms with Crippen LogP contribution in [0.5, 0.6) is 0 Å².